The van der Waals surface area contributed by atoms with E-state index in [2.05, 4.69) is 162 Å². The maximum absolute atomic E-state index is 5.70. The zero-order chi connectivity index (χ0) is 32.4. The summed E-state index contributed by atoms with van der Waals surface area (Å²) in [4.78, 5) is 4.89. The van der Waals surface area contributed by atoms with E-state index in [4.69, 9.17) is 9.72 Å². The molecule has 5 aromatic carbocycles. The Labute approximate surface area is 280 Å². The fraction of sp³-hybridized carbons (Fsp3) is 0.163. The maximum Gasteiger partial charge on any atom is 0.269 e. The topological polar surface area (TPSA) is 35.9 Å². The molecular weight excluding hydrogens is 589 g/mol. The van der Waals surface area contributed by atoms with Crippen molar-refractivity contribution in [1.29, 1.82) is 0 Å². The number of ether oxygens (including phenoxy) is 1. The van der Waals surface area contributed by atoms with Gasteiger partial charge in [-0.1, -0.05) is 99.6 Å². The second kappa shape index (κ2) is 11.0. The van der Waals surface area contributed by atoms with Crippen LogP contribution in [0.25, 0.3) is 50.0 Å². The smallest absolute Gasteiger partial charge is 0.269 e. The zero-order valence-corrected chi connectivity index (χ0v) is 27.4. The number of hydrogen-bond donors (Lipinski definition) is 0. The van der Waals surface area contributed by atoms with E-state index >= 15 is 0 Å². The third-order valence-electron chi connectivity index (χ3n) is 9.66. The van der Waals surface area contributed by atoms with Crippen molar-refractivity contribution in [2.45, 2.75) is 45.8 Å². The van der Waals surface area contributed by atoms with Crippen molar-refractivity contribution in [2.24, 2.45) is 0 Å². The number of benzene rings is 5. The van der Waals surface area contributed by atoms with Gasteiger partial charge in [-0.05, 0) is 76.6 Å². The standard InChI is InChI=1S/C43H36N4O/c1-43(2,3)33-11-9-13-35(24-33)46-28-45(39-16-6-7-17-40(39)46)34-12-8-10-29(21-34)20-30-18-19-37-36-14-4-5-15-38(36)47(41(37)22-30)42-23-31-26-48-27-32(31)25-44-42/h4-19,21-25H,20,26-27H2,1-3H3. The molecule has 0 bridgehead atoms. The number of para-hydroxylation sites is 3. The predicted octanol–water partition coefficient (Wildman–Crippen LogP) is 9.12. The lowest BCUT2D eigenvalue weighted by Crippen LogP contribution is -2.30. The van der Waals surface area contributed by atoms with E-state index in [0.717, 1.165) is 40.2 Å². The first-order valence-electron chi connectivity index (χ1n) is 16.6. The Morgan fingerprint density at radius 1 is 0.708 bits per heavy atom. The van der Waals surface area contributed by atoms with Crippen LogP contribution in [0.1, 0.15) is 48.6 Å². The van der Waals surface area contributed by atoms with E-state index in [0.29, 0.717) is 13.2 Å². The minimum Gasteiger partial charge on any atom is -0.372 e. The van der Waals surface area contributed by atoms with Crippen LogP contribution in [0.3, 0.4) is 0 Å². The zero-order valence-electron chi connectivity index (χ0n) is 27.4. The highest BCUT2D eigenvalue weighted by Crippen LogP contribution is 2.34. The highest BCUT2D eigenvalue weighted by molar-refractivity contribution is 6.09. The lowest BCUT2D eigenvalue weighted by molar-refractivity contribution is -0.572. The summed E-state index contributed by atoms with van der Waals surface area (Å²) < 4.78 is 12.4. The molecule has 0 unspecified atom stereocenters. The van der Waals surface area contributed by atoms with Crippen LogP contribution in [-0.4, -0.2) is 14.1 Å². The van der Waals surface area contributed by atoms with Crippen molar-refractivity contribution >= 4 is 32.8 Å². The number of rotatable bonds is 5. The molecule has 9 rings (SSSR count). The summed E-state index contributed by atoms with van der Waals surface area (Å²) in [5.74, 6) is 0.931. The van der Waals surface area contributed by atoms with E-state index in [1.54, 1.807) is 0 Å². The van der Waals surface area contributed by atoms with Gasteiger partial charge in [0.15, 0.2) is 0 Å². The number of pyridine rings is 1. The van der Waals surface area contributed by atoms with Crippen molar-refractivity contribution in [3.05, 3.63) is 162 Å². The number of nitrogens with zero attached hydrogens (tertiary/aromatic N) is 4. The fourth-order valence-corrected chi connectivity index (χ4v) is 7.14. The van der Waals surface area contributed by atoms with Gasteiger partial charge in [0.05, 0.1) is 46.7 Å². The van der Waals surface area contributed by atoms with Gasteiger partial charge in [0.1, 0.15) is 5.82 Å². The third kappa shape index (κ3) is 4.81. The molecule has 1 aliphatic rings. The van der Waals surface area contributed by atoms with Gasteiger partial charge in [0.2, 0.25) is 0 Å². The van der Waals surface area contributed by atoms with Gasteiger partial charge in [-0.3, -0.25) is 13.7 Å². The lowest BCUT2D eigenvalue weighted by atomic mass is 9.87. The Kier molecular flexibility index (Phi) is 6.59. The number of imidazole rings is 1. The monoisotopic (exact) mass is 624 g/mol. The van der Waals surface area contributed by atoms with Crippen molar-refractivity contribution in [3.8, 4) is 17.2 Å². The first-order valence-corrected chi connectivity index (χ1v) is 16.6. The minimum absolute atomic E-state index is 0.0627. The maximum atomic E-state index is 5.70. The van der Waals surface area contributed by atoms with Gasteiger partial charge in [0, 0.05) is 22.5 Å². The summed E-state index contributed by atoms with van der Waals surface area (Å²) >= 11 is 0. The molecular formula is C43H36N4O. The molecule has 0 fully saturated rings. The number of fused-ring (bicyclic) bond motifs is 5. The summed E-state index contributed by atoms with van der Waals surface area (Å²) in [6.45, 7) is 8.05. The first kappa shape index (κ1) is 28.7. The molecule has 8 aromatic rings. The molecule has 0 N–H and O–H groups in total. The molecule has 48 heavy (non-hydrogen) atoms. The Balaban J connectivity index is 1.11. The van der Waals surface area contributed by atoms with E-state index in [-0.39, 0.29) is 5.41 Å². The SMILES string of the molecule is CC(C)(C)c1cccc(-[n+]2[c-]n(-c3cccc(Cc4ccc5c6ccccc6n(-c6cc7c(cn6)COC7)c5c4)c3)c3ccccc32)c1. The second-order valence-electron chi connectivity index (χ2n) is 13.9. The average Bonchev–Trinajstić information content (AvgIpc) is 3.82. The summed E-state index contributed by atoms with van der Waals surface area (Å²) in [5.41, 5.74) is 13.0. The van der Waals surface area contributed by atoms with Crippen molar-refractivity contribution < 1.29 is 9.30 Å². The number of aromatic nitrogens is 4. The van der Waals surface area contributed by atoms with Gasteiger partial charge in [-0.15, -0.1) is 0 Å². The summed E-state index contributed by atoms with van der Waals surface area (Å²) in [5, 5.41) is 2.46. The van der Waals surface area contributed by atoms with E-state index in [1.165, 1.54) is 44.1 Å². The van der Waals surface area contributed by atoms with Gasteiger partial charge in [-0.2, -0.15) is 0 Å². The molecule has 0 saturated heterocycles. The van der Waals surface area contributed by atoms with Crippen LogP contribution in [0.15, 0.2) is 128 Å². The van der Waals surface area contributed by atoms with Crippen molar-refractivity contribution in [2.75, 3.05) is 0 Å². The van der Waals surface area contributed by atoms with Crippen LogP contribution in [0.4, 0.5) is 0 Å². The van der Waals surface area contributed by atoms with Crippen LogP contribution in [0.5, 0.6) is 0 Å². The average molecular weight is 625 g/mol. The van der Waals surface area contributed by atoms with Gasteiger partial charge >= 0.3 is 0 Å². The molecule has 4 heterocycles. The second-order valence-corrected chi connectivity index (χ2v) is 13.9. The quantitative estimate of drug-likeness (QED) is 0.141. The third-order valence-corrected chi connectivity index (χ3v) is 9.66. The van der Waals surface area contributed by atoms with Crippen molar-refractivity contribution in [1.82, 2.24) is 14.1 Å². The molecule has 0 saturated carbocycles. The minimum atomic E-state index is 0.0627. The normalized spacial score (nSPS) is 13.1. The Bertz CT molecular complexity index is 2510. The molecule has 5 heteroatoms. The predicted molar refractivity (Wildman–Crippen MR) is 192 cm³/mol. The summed E-state index contributed by atoms with van der Waals surface area (Å²) in [6, 6.07) is 43.9. The lowest BCUT2D eigenvalue weighted by Gasteiger charge is -2.20. The van der Waals surface area contributed by atoms with Crippen LogP contribution in [0.2, 0.25) is 0 Å². The van der Waals surface area contributed by atoms with Gasteiger partial charge < -0.3 is 4.74 Å². The fourth-order valence-electron chi connectivity index (χ4n) is 7.14. The highest BCUT2D eigenvalue weighted by atomic mass is 16.5. The molecule has 0 amide bonds. The first-order chi connectivity index (χ1) is 23.4. The van der Waals surface area contributed by atoms with Crippen LogP contribution < -0.4 is 4.57 Å². The van der Waals surface area contributed by atoms with Crippen molar-refractivity contribution in [3.63, 3.8) is 0 Å². The molecule has 234 valence electrons. The summed E-state index contributed by atoms with van der Waals surface area (Å²) in [6.07, 6.45) is 6.47. The molecule has 1 aliphatic heterocycles. The van der Waals surface area contributed by atoms with Crippen LogP contribution >= 0.6 is 0 Å². The van der Waals surface area contributed by atoms with Gasteiger partial charge in [-0.25, -0.2) is 4.98 Å². The molecule has 0 spiro atoms. The Hall–Kier alpha value is -5.52. The van der Waals surface area contributed by atoms with E-state index < -0.39 is 0 Å². The molecule has 3 aromatic heterocycles. The Morgan fingerprint density at radius 3 is 2.38 bits per heavy atom. The van der Waals surface area contributed by atoms with Crippen LogP contribution in [0, 0.1) is 6.33 Å². The van der Waals surface area contributed by atoms with Crippen LogP contribution in [-0.2, 0) is 29.8 Å². The molecule has 0 radical (unpaired) electrons. The van der Waals surface area contributed by atoms with E-state index in [9.17, 15) is 0 Å². The Morgan fingerprint density at radius 2 is 1.48 bits per heavy atom. The number of hydrogen-bond acceptors (Lipinski definition) is 2. The molecule has 0 aliphatic carbocycles. The van der Waals surface area contributed by atoms with E-state index in [1.807, 2.05) is 6.20 Å². The summed E-state index contributed by atoms with van der Waals surface area (Å²) in [7, 11) is 0. The van der Waals surface area contributed by atoms with Gasteiger partial charge in [0.25, 0.3) is 6.33 Å². The molecule has 5 nitrogen and oxygen atoms in total. The largest absolute Gasteiger partial charge is 0.372 e. The molecule has 0 atom stereocenters. The highest BCUT2D eigenvalue weighted by Gasteiger charge is 2.19.